The molecule has 21 heavy (non-hydrogen) atoms. The van der Waals surface area contributed by atoms with Gasteiger partial charge < -0.3 is 10.1 Å². The van der Waals surface area contributed by atoms with E-state index in [1.807, 2.05) is 0 Å². The van der Waals surface area contributed by atoms with Crippen LogP contribution >= 0.6 is 0 Å². The highest BCUT2D eigenvalue weighted by Gasteiger charge is 2.26. The summed E-state index contributed by atoms with van der Waals surface area (Å²) in [5.41, 5.74) is -0.204. The summed E-state index contributed by atoms with van der Waals surface area (Å²) in [6, 6.07) is 4.41. The average Bonchev–Trinajstić information content (AvgIpc) is 2.47. The maximum atomic E-state index is 12.3. The van der Waals surface area contributed by atoms with E-state index in [1.165, 1.54) is 32.5 Å². The predicted molar refractivity (Wildman–Crippen MR) is 73.7 cm³/mol. The lowest BCUT2D eigenvalue weighted by molar-refractivity contribution is -0.121. The molecule has 0 aromatic carbocycles. The number of likely N-dealkylation sites (N-methyl/N-ethyl adjacent to an activating group) is 1. The van der Waals surface area contributed by atoms with Gasteiger partial charge in [-0.25, -0.2) is 13.4 Å². The quantitative estimate of drug-likeness (QED) is 0.669. The van der Waals surface area contributed by atoms with Crippen LogP contribution in [0.15, 0.2) is 23.2 Å². The molecule has 1 amide bonds. The van der Waals surface area contributed by atoms with Gasteiger partial charge in [0.25, 0.3) is 0 Å². The van der Waals surface area contributed by atoms with E-state index >= 15 is 0 Å². The molecule has 0 saturated heterocycles. The minimum absolute atomic E-state index is 0.204. The van der Waals surface area contributed by atoms with Crippen LogP contribution in [0.3, 0.4) is 0 Å². The first kappa shape index (κ1) is 17.0. The zero-order valence-electron chi connectivity index (χ0n) is 11.7. The Labute approximate surface area is 123 Å². The van der Waals surface area contributed by atoms with Crippen molar-refractivity contribution in [3.63, 3.8) is 0 Å². The van der Waals surface area contributed by atoms with Gasteiger partial charge in [0.05, 0.1) is 13.2 Å². The standard InChI is InChI=1S/C12H16N4O4S/c1-16(9-12(17)15-6-7-20-2)21(18,19)11-4-3-5-14-10(11)8-13/h3-5H,6-7,9H2,1-2H3,(H,15,17). The highest BCUT2D eigenvalue weighted by Crippen LogP contribution is 2.16. The van der Waals surface area contributed by atoms with Gasteiger partial charge in [0.2, 0.25) is 15.9 Å². The lowest BCUT2D eigenvalue weighted by Crippen LogP contribution is -2.39. The van der Waals surface area contributed by atoms with E-state index in [4.69, 9.17) is 10.00 Å². The Balaban J connectivity index is 2.83. The molecule has 114 valence electrons. The monoisotopic (exact) mass is 312 g/mol. The Bertz CT molecular complexity index is 639. The van der Waals surface area contributed by atoms with Crippen LogP contribution in [0.5, 0.6) is 0 Å². The topological polar surface area (TPSA) is 112 Å². The molecule has 0 aliphatic carbocycles. The average molecular weight is 312 g/mol. The third-order valence-corrected chi connectivity index (χ3v) is 4.39. The van der Waals surface area contributed by atoms with Crippen molar-refractivity contribution >= 4 is 15.9 Å². The third kappa shape index (κ3) is 4.49. The normalized spacial score (nSPS) is 11.1. The summed E-state index contributed by atoms with van der Waals surface area (Å²) in [4.78, 5) is 15.1. The van der Waals surface area contributed by atoms with Gasteiger partial charge in [-0.1, -0.05) is 0 Å². The molecule has 0 atom stereocenters. The molecule has 1 N–H and O–H groups in total. The maximum Gasteiger partial charge on any atom is 0.246 e. The zero-order chi connectivity index (χ0) is 15.9. The number of amides is 1. The number of hydrogen-bond acceptors (Lipinski definition) is 6. The minimum atomic E-state index is -3.95. The molecule has 0 spiro atoms. The van der Waals surface area contributed by atoms with E-state index in [9.17, 15) is 13.2 Å². The Morgan fingerprint density at radius 2 is 2.29 bits per heavy atom. The fourth-order valence-electron chi connectivity index (χ4n) is 1.49. The van der Waals surface area contributed by atoms with Crippen LogP contribution in [-0.4, -0.2) is 57.5 Å². The number of hydrogen-bond donors (Lipinski definition) is 1. The summed E-state index contributed by atoms with van der Waals surface area (Å²) in [7, 11) is -1.19. The number of nitrogens with zero attached hydrogens (tertiary/aromatic N) is 3. The number of nitriles is 1. The molecule has 9 heteroatoms. The fraction of sp³-hybridized carbons (Fsp3) is 0.417. The first-order valence-corrected chi connectivity index (χ1v) is 7.44. The van der Waals surface area contributed by atoms with E-state index in [0.717, 1.165) is 4.31 Å². The Morgan fingerprint density at radius 3 is 2.90 bits per heavy atom. The summed E-state index contributed by atoms with van der Waals surface area (Å²) < 4.78 is 30.3. The summed E-state index contributed by atoms with van der Waals surface area (Å²) in [6.45, 7) is 0.273. The zero-order valence-corrected chi connectivity index (χ0v) is 12.6. The SMILES string of the molecule is COCCNC(=O)CN(C)S(=O)(=O)c1cccnc1C#N. The van der Waals surface area contributed by atoms with Crippen molar-refractivity contribution < 1.29 is 17.9 Å². The lowest BCUT2D eigenvalue weighted by atomic mass is 10.4. The van der Waals surface area contributed by atoms with Gasteiger partial charge in [0.1, 0.15) is 11.0 Å². The number of sulfonamides is 1. The van der Waals surface area contributed by atoms with Gasteiger partial charge >= 0.3 is 0 Å². The molecular weight excluding hydrogens is 296 g/mol. The number of ether oxygens (including phenoxy) is 1. The smallest absolute Gasteiger partial charge is 0.246 e. The molecule has 1 heterocycles. The molecule has 0 saturated carbocycles. The molecule has 0 radical (unpaired) electrons. The number of methoxy groups -OCH3 is 1. The molecule has 0 bridgehead atoms. The van der Waals surface area contributed by atoms with Gasteiger partial charge in [0, 0.05) is 26.9 Å². The van der Waals surface area contributed by atoms with Crippen LogP contribution in [0.2, 0.25) is 0 Å². The van der Waals surface area contributed by atoms with Crippen LogP contribution in [0.4, 0.5) is 0 Å². The molecule has 8 nitrogen and oxygen atoms in total. The minimum Gasteiger partial charge on any atom is -0.383 e. The van der Waals surface area contributed by atoms with Gasteiger partial charge in [-0.05, 0) is 12.1 Å². The Morgan fingerprint density at radius 1 is 1.57 bits per heavy atom. The second kappa shape index (κ2) is 7.68. The molecular formula is C12H16N4O4S. The van der Waals surface area contributed by atoms with Crippen molar-refractivity contribution in [3.05, 3.63) is 24.0 Å². The van der Waals surface area contributed by atoms with Gasteiger partial charge in [0.15, 0.2) is 5.69 Å². The van der Waals surface area contributed by atoms with Crippen LogP contribution in [-0.2, 0) is 19.6 Å². The van der Waals surface area contributed by atoms with Crippen molar-refractivity contribution in [1.29, 1.82) is 5.26 Å². The number of aromatic nitrogens is 1. The van der Waals surface area contributed by atoms with Crippen molar-refractivity contribution in [2.24, 2.45) is 0 Å². The van der Waals surface area contributed by atoms with Crippen LogP contribution in [0.1, 0.15) is 5.69 Å². The predicted octanol–water partition coefficient (Wildman–Crippen LogP) is -0.664. The van der Waals surface area contributed by atoms with E-state index in [1.54, 1.807) is 6.07 Å². The number of pyridine rings is 1. The number of carbonyl (C=O) groups excluding carboxylic acids is 1. The summed E-state index contributed by atoms with van der Waals surface area (Å²) >= 11 is 0. The number of rotatable bonds is 7. The highest BCUT2D eigenvalue weighted by molar-refractivity contribution is 7.89. The van der Waals surface area contributed by atoms with Gasteiger partial charge in [-0.15, -0.1) is 0 Å². The molecule has 0 aliphatic heterocycles. The summed E-state index contributed by atoms with van der Waals surface area (Å²) in [6.07, 6.45) is 1.33. The van der Waals surface area contributed by atoms with E-state index in [2.05, 4.69) is 10.3 Å². The molecule has 1 aromatic rings. The molecule has 0 fully saturated rings. The van der Waals surface area contributed by atoms with E-state index in [0.29, 0.717) is 13.2 Å². The maximum absolute atomic E-state index is 12.3. The number of carbonyl (C=O) groups is 1. The Kier molecular flexibility index (Phi) is 6.23. The van der Waals surface area contributed by atoms with Crippen LogP contribution in [0, 0.1) is 11.3 Å². The first-order chi connectivity index (χ1) is 9.93. The first-order valence-electron chi connectivity index (χ1n) is 6.00. The molecule has 1 rings (SSSR count). The van der Waals surface area contributed by atoms with Crippen LogP contribution in [0.25, 0.3) is 0 Å². The van der Waals surface area contributed by atoms with Crippen molar-refractivity contribution in [2.45, 2.75) is 4.90 Å². The lowest BCUT2D eigenvalue weighted by Gasteiger charge is -2.17. The van der Waals surface area contributed by atoms with Crippen molar-refractivity contribution in [2.75, 3.05) is 33.9 Å². The highest BCUT2D eigenvalue weighted by atomic mass is 32.2. The Hall–Kier alpha value is -2.02. The van der Waals surface area contributed by atoms with E-state index in [-0.39, 0.29) is 17.1 Å². The van der Waals surface area contributed by atoms with Crippen LogP contribution < -0.4 is 5.32 Å². The largest absolute Gasteiger partial charge is 0.383 e. The number of nitrogens with one attached hydrogen (secondary N) is 1. The van der Waals surface area contributed by atoms with Gasteiger partial charge in [-0.2, -0.15) is 9.57 Å². The second-order valence-electron chi connectivity index (χ2n) is 4.07. The molecule has 0 aliphatic rings. The van der Waals surface area contributed by atoms with Gasteiger partial charge in [-0.3, -0.25) is 4.79 Å². The third-order valence-electron chi connectivity index (χ3n) is 2.56. The summed E-state index contributed by atoms with van der Waals surface area (Å²) in [5.74, 6) is -0.458. The van der Waals surface area contributed by atoms with Crippen molar-refractivity contribution in [3.8, 4) is 6.07 Å². The molecule has 0 unspecified atom stereocenters. The van der Waals surface area contributed by atoms with E-state index < -0.39 is 15.9 Å². The molecule has 1 aromatic heterocycles. The second-order valence-corrected chi connectivity index (χ2v) is 6.08. The van der Waals surface area contributed by atoms with Crippen molar-refractivity contribution in [1.82, 2.24) is 14.6 Å². The fourth-order valence-corrected chi connectivity index (χ4v) is 2.70. The summed E-state index contributed by atoms with van der Waals surface area (Å²) in [5, 5.41) is 11.4.